The molecule has 0 aromatic heterocycles. The summed E-state index contributed by atoms with van der Waals surface area (Å²) in [4.78, 5) is 46.1. The molecular formula is C18H26N4O6. The Labute approximate surface area is 162 Å². The molecule has 0 aliphatic rings. The topological polar surface area (TPSA) is 174 Å². The number of benzene rings is 1. The number of ether oxygens (including phenoxy) is 1. The van der Waals surface area contributed by atoms with Gasteiger partial charge < -0.3 is 31.9 Å². The van der Waals surface area contributed by atoms with Crippen LogP contribution in [0.25, 0.3) is 0 Å². The quantitative estimate of drug-likeness (QED) is 0.385. The van der Waals surface area contributed by atoms with Crippen molar-refractivity contribution in [2.45, 2.75) is 45.4 Å². The number of carboxylic acids is 1. The highest BCUT2D eigenvalue weighted by Gasteiger charge is 2.25. The molecule has 0 bridgehead atoms. The zero-order valence-corrected chi connectivity index (χ0v) is 15.8. The minimum Gasteiger partial charge on any atom is -0.481 e. The number of aliphatic carboxylic acids is 1. The molecule has 154 valence electrons. The molecule has 7 N–H and O–H groups in total. The Kier molecular flexibility index (Phi) is 8.89. The highest BCUT2D eigenvalue weighted by atomic mass is 16.5. The summed E-state index contributed by atoms with van der Waals surface area (Å²) in [5.41, 5.74) is 11.8. The maximum Gasteiger partial charge on any atom is 0.404 e. The van der Waals surface area contributed by atoms with Crippen LogP contribution in [0.2, 0.25) is 0 Å². The van der Waals surface area contributed by atoms with Gasteiger partial charge in [-0.15, -0.1) is 0 Å². The Balaban J connectivity index is 2.77. The van der Waals surface area contributed by atoms with Crippen LogP contribution in [0.4, 0.5) is 10.5 Å². The Hall–Kier alpha value is -3.14. The van der Waals surface area contributed by atoms with Crippen LogP contribution < -0.4 is 22.1 Å². The lowest BCUT2D eigenvalue weighted by Crippen LogP contribution is -2.51. The average Bonchev–Trinajstić information content (AvgIpc) is 2.63. The SMILES string of the molecule is CC(C)[C@H](N)C(=O)N[C@@H](CCC(=O)O)C(=O)Nc1ccc(COC(N)=O)cc1. The molecule has 10 heteroatoms. The number of rotatable bonds is 10. The van der Waals surface area contributed by atoms with E-state index < -0.39 is 36.0 Å². The van der Waals surface area contributed by atoms with E-state index in [0.29, 0.717) is 11.3 Å². The van der Waals surface area contributed by atoms with E-state index >= 15 is 0 Å². The van der Waals surface area contributed by atoms with E-state index in [0.717, 1.165) is 0 Å². The summed E-state index contributed by atoms with van der Waals surface area (Å²) in [5.74, 6) is -2.32. The number of nitrogens with one attached hydrogen (secondary N) is 2. The fraction of sp³-hybridized carbons (Fsp3) is 0.444. The number of carbonyl (C=O) groups is 4. The van der Waals surface area contributed by atoms with Gasteiger partial charge in [-0.2, -0.15) is 0 Å². The van der Waals surface area contributed by atoms with Crippen molar-refractivity contribution in [1.82, 2.24) is 5.32 Å². The first-order chi connectivity index (χ1) is 13.1. The second kappa shape index (κ2) is 10.9. The number of carboxylic acid groups (broad SMARTS) is 1. The average molecular weight is 394 g/mol. The molecule has 1 aromatic rings. The molecule has 1 rings (SSSR count). The number of amides is 3. The molecule has 3 amide bonds. The van der Waals surface area contributed by atoms with Crippen molar-refractivity contribution in [3.8, 4) is 0 Å². The Morgan fingerprint density at radius 2 is 1.71 bits per heavy atom. The van der Waals surface area contributed by atoms with Gasteiger partial charge in [0.25, 0.3) is 0 Å². The van der Waals surface area contributed by atoms with Crippen LogP contribution in [-0.4, -0.2) is 41.1 Å². The molecule has 0 unspecified atom stereocenters. The lowest BCUT2D eigenvalue weighted by Gasteiger charge is -2.21. The maximum absolute atomic E-state index is 12.5. The molecule has 0 fully saturated rings. The van der Waals surface area contributed by atoms with Crippen molar-refractivity contribution in [3.05, 3.63) is 29.8 Å². The minimum atomic E-state index is -1.08. The van der Waals surface area contributed by atoms with Gasteiger partial charge in [-0.3, -0.25) is 14.4 Å². The van der Waals surface area contributed by atoms with Crippen molar-refractivity contribution >= 4 is 29.6 Å². The molecule has 0 spiro atoms. The summed E-state index contributed by atoms with van der Waals surface area (Å²) in [6.45, 7) is 3.52. The number of primary amides is 1. The summed E-state index contributed by atoms with van der Waals surface area (Å²) in [6, 6.07) is 4.54. The van der Waals surface area contributed by atoms with E-state index in [-0.39, 0.29) is 25.4 Å². The standard InChI is InChI=1S/C18H26N4O6/c1-10(2)15(19)17(26)22-13(7-8-14(23)24)16(25)21-12-5-3-11(4-6-12)9-28-18(20)27/h3-6,10,13,15H,7-9,19H2,1-2H3,(H2,20,27)(H,21,25)(H,22,26)(H,23,24)/t13-,15-/m0/s1. The molecule has 10 nitrogen and oxygen atoms in total. The largest absolute Gasteiger partial charge is 0.481 e. The number of hydrogen-bond acceptors (Lipinski definition) is 6. The predicted octanol–water partition coefficient (Wildman–Crippen LogP) is 0.553. The van der Waals surface area contributed by atoms with Gasteiger partial charge in [0.1, 0.15) is 12.6 Å². The summed E-state index contributed by atoms with van der Waals surface area (Å²) >= 11 is 0. The van der Waals surface area contributed by atoms with Crippen LogP contribution in [0.5, 0.6) is 0 Å². The third-order valence-electron chi connectivity index (χ3n) is 3.90. The molecule has 0 saturated carbocycles. The predicted molar refractivity (Wildman–Crippen MR) is 101 cm³/mol. The number of anilines is 1. The Morgan fingerprint density at radius 1 is 1.11 bits per heavy atom. The molecule has 0 aliphatic carbocycles. The molecule has 2 atom stereocenters. The smallest absolute Gasteiger partial charge is 0.404 e. The second-order valence-corrected chi connectivity index (χ2v) is 6.56. The summed E-state index contributed by atoms with van der Waals surface area (Å²) in [6.07, 6.45) is -1.27. The van der Waals surface area contributed by atoms with Crippen LogP contribution in [0.15, 0.2) is 24.3 Å². The van der Waals surface area contributed by atoms with E-state index in [9.17, 15) is 19.2 Å². The number of nitrogens with two attached hydrogens (primary N) is 2. The monoisotopic (exact) mass is 394 g/mol. The van der Waals surface area contributed by atoms with Crippen molar-refractivity contribution in [2.24, 2.45) is 17.4 Å². The summed E-state index contributed by atoms with van der Waals surface area (Å²) in [7, 11) is 0. The van der Waals surface area contributed by atoms with Gasteiger partial charge >= 0.3 is 12.1 Å². The van der Waals surface area contributed by atoms with Crippen LogP contribution in [0, 0.1) is 5.92 Å². The Bertz CT molecular complexity index is 705. The van der Waals surface area contributed by atoms with Gasteiger partial charge in [-0.05, 0) is 30.0 Å². The van der Waals surface area contributed by atoms with E-state index in [1.165, 1.54) is 0 Å². The molecule has 0 aliphatic heterocycles. The van der Waals surface area contributed by atoms with Crippen molar-refractivity contribution < 1.29 is 29.0 Å². The molecule has 0 heterocycles. The lowest BCUT2D eigenvalue weighted by atomic mass is 10.0. The molecule has 0 saturated heterocycles. The van der Waals surface area contributed by atoms with Gasteiger partial charge in [0, 0.05) is 12.1 Å². The Morgan fingerprint density at radius 3 is 2.21 bits per heavy atom. The fourth-order valence-electron chi connectivity index (χ4n) is 2.18. The third kappa shape index (κ3) is 8.04. The first-order valence-corrected chi connectivity index (χ1v) is 8.70. The minimum absolute atomic E-state index is 0.00601. The number of carbonyl (C=O) groups excluding carboxylic acids is 3. The van der Waals surface area contributed by atoms with Gasteiger partial charge in [-0.25, -0.2) is 4.79 Å². The molecular weight excluding hydrogens is 368 g/mol. The fourth-order valence-corrected chi connectivity index (χ4v) is 2.18. The zero-order valence-electron chi connectivity index (χ0n) is 15.8. The lowest BCUT2D eigenvalue weighted by molar-refractivity contribution is -0.137. The van der Waals surface area contributed by atoms with Gasteiger partial charge in [-0.1, -0.05) is 26.0 Å². The highest BCUT2D eigenvalue weighted by molar-refractivity contribution is 5.98. The van der Waals surface area contributed by atoms with Gasteiger partial charge in [0.2, 0.25) is 11.8 Å². The van der Waals surface area contributed by atoms with E-state index in [4.69, 9.17) is 16.6 Å². The van der Waals surface area contributed by atoms with E-state index in [2.05, 4.69) is 15.4 Å². The van der Waals surface area contributed by atoms with E-state index in [1.54, 1.807) is 38.1 Å². The van der Waals surface area contributed by atoms with Gasteiger partial charge in [0.15, 0.2) is 0 Å². The molecule has 0 radical (unpaired) electrons. The zero-order chi connectivity index (χ0) is 21.3. The third-order valence-corrected chi connectivity index (χ3v) is 3.90. The molecule has 28 heavy (non-hydrogen) atoms. The first kappa shape index (κ1) is 22.9. The van der Waals surface area contributed by atoms with E-state index in [1.807, 2.05) is 0 Å². The maximum atomic E-state index is 12.5. The van der Waals surface area contributed by atoms with Crippen LogP contribution in [-0.2, 0) is 25.7 Å². The molecule has 1 aromatic carbocycles. The van der Waals surface area contributed by atoms with Crippen molar-refractivity contribution in [2.75, 3.05) is 5.32 Å². The van der Waals surface area contributed by atoms with Crippen LogP contribution in [0.3, 0.4) is 0 Å². The second-order valence-electron chi connectivity index (χ2n) is 6.56. The van der Waals surface area contributed by atoms with Gasteiger partial charge in [0.05, 0.1) is 6.04 Å². The normalized spacial score (nSPS) is 12.7. The number of hydrogen-bond donors (Lipinski definition) is 5. The van der Waals surface area contributed by atoms with Crippen LogP contribution in [0.1, 0.15) is 32.3 Å². The summed E-state index contributed by atoms with van der Waals surface area (Å²) < 4.78 is 4.66. The highest BCUT2D eigenvalue weighted by Crippen LogP contribution is 2.12. The van der Waals surface area contributed by atoms with Crippen LogP contribution >= 0.6 is 0 Å². The first-order valence-electron chi connectivity index (χ1n) is 8.70. The van der Waals surface area contributed by atoms with Crippen molar-refractivity contribution in [1.29, 1.82) is 0 Å². The summed E-state index contributed by atoms with van der Waals surface area (Å²) in [5, 5.41) is 14.0. The van der Waals surface area contributed by atoms with Crippen molar-refractivity contribution in [3.63, 3.8) is 0 Å².